The van der Waals surface area contributed by atoms with Gasteiger partial charge < -0.3 is 4.74 Å². The van der Waals surface area contributed by atoms with Gasteiger partial charge in [-0.25, -0.2) is 0 Å². The van der Waals surface area contributed by atoms with Gasteiger partial charge in [0.15, 0.2) is 10.1 Å². The Labute approximate surface area is 152 Å². The Hall–Kier alpha value is -1.05. The summed E-state index contributed by atoms with van der Waals surface area (Å²) in [5, 5.41) is 0.466. The summed E-state index contributed by atoms with van der Waals surface area (Å²) in [6.07, 6.45) is 2.68. The quantitative estimate of drug-likeness (QED) is 0.139. The van der Waals surface area contributed by atoms with E-state index in [0.29, 0.717) is 32.6 Å². The Morgan fingerprint density at radius 3 is 2.64 bits per heavy atom. The van der Waals surface area contributed by atoms with E-state index < -0.39 is 0 Å². The van der Waals surface area contributed by atoms with E-state index in [1.54, 1.807) is 53.8 Å². The highest BCUT2D eigenvalue weighted by Crippen LogP contribution is 2.31. The van der Waals surface area contributed by atoms with Crippen molar-refractivity contribution in [3.63, 3.8) is 0 Å². The molecule has 3 nitrogen and oxygen atoms in total. The molecule has 0 fully saturated rings. The van der Waals surface area contributed by atoms with Crippen molar-refractivity contribution in [1.29, 1.82) is 0 Å². The normalized spacial score (nSPS) is 11.0. The molecule has 1 aromatic rings. The Morgan fingerprint density at radius 1 is 1.45 bits per heavy atom. The van der Waals surface area contributed by atoms with Crippen molar-refractivity contribution in [3.05, 3.63) is 63.6 Å². The van der Waals surface area contributed by atoms with Crippen LogP contribution in [-0.4, -0.2) is 10.1 Å². The van der Waals surface area contributed by atoms with Crippen LogP contribution >= 0.6 is 46.0 Å². The van der Waals surface area contributed by atoms with Gasteiger partial charge in [-0.15, -0.1) is 0 Å². The molecule has 6 heteroatoms. The second-order valence-corrected chi connectivity index (χ2v) is 6.98. The molecule has 0 radical (unpaired) electrons. The molecular formula is C16H14ClIO3S. The van der Waals surface area contributed by atoms with E-state index >= 15 is 0 Å². The number of ether oxygens (including phenoxy) is 1. The van der Waals surface area contributed by atoms with Gasteiger partial charge in [-0.3, -0.25) is 9.59 Å². The standard InChI is InChI=1S/C16H14ClIO3S/c1-4-15(11(3)22-10(2)9-19)21-13-6-5-12(7-16(18)20)14(17)8-13/h4-6,8-9H,2-3,7H2,1H3/b15-4+. The van der Waals surface area contributed by atoms with Crippen molar-refractivity contribution < 1.29 is 14.3 Å². The van der Waals surface area contributed by atoms with Crippen LogP contribution < -0.4 is 4.74 Å². The second kappa shape index (κ2) is 9.17. The van der Waals surface area contributed by atoms with E-state index in [4.69, 9.17) is 16.3 Å². The molecule has 116 valence electrons. The highest BCUT2D eigenvalue weighted by molar-refractivity contribution is 14.1. The van der Waals surface area contributed by atoms with E-state index in [9.17, 15) is 9.59 Å². The largest absolute Gasteiger partial charge is 0.457 e. The van der Waals surface area contributed by atoms with Gasteiger partial charge in [0, 0.05) is 21.3 Å². The van der Waals surface area contributed by atoms with Gasteiger partial charge in [0.2, 0.25) is 0 Å². The predicted molar refractivity (Wildman–Crippen MR) is 101 cm³/mol. The number of allylic oxidation sites excluding steroid dienone is 2. The molecule has 0 heterocycles. The summed E-state index contributed by atoms with van der Waals surface area (Å²) >= 11 is 9.01. The van der Waals surface area contributed by atoms with Gasteiger partial charge in [0.25, 0.3) is 0 Å². The number of thioether (sulfide) groups is 1. The number of benzene rings is 1. The number of hydrogen-bond donors (Lipinski definition) is 0. The lowest BCUT2D eigenvalue weighted by Gasteiger charge is -2.12. The summed E-state index contributed by atoms with van der Waals surface area (Å²) in [4.78, 5) is 22.7. The molecule has 0 atom stereocenters. The molecule has 1 rings (SSSR count). The van der Waals surface area contributed by atoms with Crippen LogP contribution in [0.5, 0.6) is 5.75 Å². The summed E-state index contributed by atoms with van der Waals surface area (Å²) in [6, 6.07) is 5.13. The first kappa shape index (κ1) is 19.0. The van der Waals surface area contributed by atoms with Crippen molar-refractivity contribution in [2.24, 2.45) is 0 Å². The van der Waals surface area contributed by atoms with E-state index in [1.807, 2.05) is 0 Å². The lowest BCUT2D eigenvalue weighted by atomic mass is 10.1. The molecule has 22 heavy (non-hydrogen) atoms. The van der Waals surface area contributed by atoms with E-state index in [2.05, 4.69) is 13.2 Å². The molecule has 0 saturated carbocycles. The molecule has 0 aromatic heterocycles. The average Bonchev–Trinajstić information content (AvgIpc) is 2.46. The second-order valence-electron chi connectivity index (χ2n) is 4.15. The van der Waals surface area contributed by atoms with Crippen LogP contribution in [0.25, 0.3) is 0 Å². The molecular weight excluding hydrogens is 435 g/mol. The number of carbonyl (C=O) groups excluding carboxylic acids is 2. The molecule has 0 N–H and O–H groups in total. The zero-order chi connectivity index (χ0) is 16.7. The van der Waals surface area contributed by atoms with Gasteiger partial charge in [0.05, 0.1) is 0 Å². The van der Waals surface area contributed by atoms with Crippen LogP contribution in [-0.2, 0) is 16.0 Å². The molecule has 1 aromatic carbocycles. The van der Waals surface area contributed by atoms with Gasteiger partial charge in [-0.2, -0.15) is 0 Å². The highest BCUT2D eigenvalue weighted by Gasteiger charge is 2.10. The van der Waals surface area contributed by atoms with Crippen molar-refractivity contribution >= 4 is 56.0 Å². The minimum absolute atomic E-state index is 0.0134. The summed E-state index contributed by atoms with van der Waals surface area (Å²) in [7, 11) is 0. The van der Waals surface area contributed by atoms with E-state index in [0.717, 1.165) is 17.3 Å². The maximum atomic E-state index is 11.1. The van der Waals surface area contributed by atoms with Crippen LogP contribution in [0.4, 0.5) is 0 Å². The Balaban J connectivity index is 2.86. The lowest BCUT2D eigenvalue weighted by Crippen LogP contribution is -1.98. The summed E-state index contributed by atoms with van der Waals surface area (Å²) in [6.45, 7) is 9.25. The first-order valence-electron chi connectivity index (χ1n) is 6.19. The van der Waals surface area contributed by atoms with Crippen LogP contribution in [0, 0.1) is 0 Å². The molecule has 0 aliphatic heterocycles. The van der Waals surface area contributed by atoms with Crippen molar-refractivity contribution in [2.45, 2.75) is 13.3 Å². The minimum atomic E-state index is 0.0134. The maximum absolute atomic E-state index is 11.1. The van der Waals surface area contributed by atoms with Crippen molar-refractivity contribution in [3.8, 4) is 5.75 Å². The molecule has 0 amide bonds. The maximum Gasteiger partial charge on any atom is 0.196 e. The molecule has 0 aliphatic carbocycles. The third kappa shape index (κ3) is 5.98. The SMILES string of the molecule is C=C(C=O)SC(=C)/C(=C\C)Oc1ccc(CC(=O)I)c(Cl)c1. The van der Waals surface area contributed by atoms with Crippen molar-refractivity contribution in [1.82, 2.24) is 0 Å². The summed E-state index contributed by atoms with van der Waals surface area (Å²) in [5.41, 5.74) is 0.748. The minimum Gasteiger partial charge on any atom is -0.457 e. The summed E-state index contributed by atoms with van der Waals surface area (Å²) in [5.74, 6) is 1.04. The fourth-order valence-electron chi connectivity index (χ4n) is 1.52. The topological polar surface area (TPSA) is 43.4 Å². The third-order valence-corrected chi connectivity index (χ3v) is 4.04. The lowest BCUT2D eigenvalue weighted by molar-refractivity contribution is -0.109. The molecule has 0 aliphatic rings. The Kier molecular flexibility index (Phi) is 7.92. The predicted octanol–water partition coefficient (Wildman–Crippen LogP) is 5.09. The zero-order valence-electron chi connectivity index (χ0n) is 11.9. The van der Waals surface area contributed by atoms with Crippen LogP contribution in [0.3, 0.4) is 0 Å². The highest BCUT2D eigenvalue weighted by atomic mass is 127. The first-order valence-corrected chi connectivity index (χ1v) is 8.46. The van der Waals surface area contributed by atoms with Gasteiger partial charge >= 0.3 is 0 Å². The smallest absolute Gasteiger partial charge is 0.196 e. The van der Waals surface area contributed by atoms with Gasteiger partial charge in [-0.1, -0.05) is 42.6 Å². The average molecular weight is 449 g/mol. The summed E-state index contributed by atoms with van der Waals surface area (Å²) < 4.78 is 5.74. The number of carbonyl (C=O) groups is 2. The Bertz CT molecular complexity index is 653. The number of aldehydes is 1. The Morgan fingerprint density at radius 2 is 2.14 bits per heavy atom. The fourth-order valence-corrected chi connectivity index (χ4v) is 2.79. The monoisotopic (exact) mass is 448 g/mol. The first-order chi connectivity index (χ1) is 10.4. The third-order valence-electron chi connectivity index (χ3n) is 2.50. The van der Waals surface area contributed by atoms with Crippen LogP contribution in [0.1, 0.15) is 12.5 Å². The van der Waals surface area contributed by atoms with E-state index in [-0.39, 0.29) is 10.2 Å². The van der Waals surface area contributed by atoms with Crippen molar-refractivity contribution in [2.75, 3.05) is 0 Å². The van der Waals surface area contributed by atoms with Crippen LogP contribution in [0.2, 0.25) is 5.02 Å². The fraction of sp³-hybridized carbons (Fsp3) is 0.125. The van der Waals surface area contributed by atoms with Gasteiger partial charge in [-0.05, 0) is 53.3 Å². The molecule has 0 spiro atoms. The molecule has 0 bridgehead atoms. The molecule has 0 unspecified atom stereocenters. The molecule has 0 saturated heterocycles. The number of halogens is 2. The number of rotatable bonds is 8. The van der Waals surface area contributed by atoms with Crippen LogP contribution in [0.15, 0.2) is 53.0 Å². The van der Waals surface area contributed by atoms with E-state index in [1.165, 1.54) is 0 Å². The van der Waals surface area contributed by atoms with Gasteiger partial charge in [0.1, 0.15) is 11.5 Å². The zero-order valence-corrected chi connectivity index (χ0v) is 15.6. The number of hydrogen-bond acceptors (Lipinski definition) is 4.